The highest BCUT2D eigenvalue weighted by atomic mass is 16.5. The van der Waals surface area contributed by atoms with Crippen LogP contribution in [0.5, 0.6) is 0 Å². The van der Waals surface area contributed by atoms with Crippen LogP contribution in [-0.4, -0.2) is 18.1 Å². The number of hydrogen-bond acceptors (Lipinski definition) is 3. The number of rotatable bonds is 2. The van der Waals surface area contributed by atoms with Crippen molar-refractivity contribution in [3.8, 4) is 11.3 Å². The van der Waals surface area contributed by atoms with Crippen LogP contribution >= 0.6 is 0 Å². The van der Waals surface area contributed by atoms with Crippen LogP contribution in [0.25, 0.3) is 11.3 Å². The fourth-order valence-electron chi connectivity index (χ4n) is 1.90. The van der Waals surface area contributed by atoms with Crippen LogP contribution < -0.4 is 0 Å². The van der Waals surface area contributed by atoms with Crippen molar-refractivity contribution in [1.82, 2.24) is 4.98 Å². The van der Waals surface area contributed by atoms with E-state index >= 15 is 0 Å². The second-order valence-electron chi connectivity index (χ2n) is 4.22. The molecule has 0 atom stereocenters. The quantitative estimate of drug-likeness (QED) is 0.758. The molecule has 3 nitrogen and oxygen atoms in total. The molecule has 1 heterocycles. The van der Waals surface area contributed by atoms with E-state index in [1.807, 2.05) is 31.2 Å². The largest absolute Gasteiger partial charge is 0.464 e. The van der Waals surface area contributed by atoms with E-state index in [1.54, 1.807) is 6.07 Å². The summed E-state index contributed by atoms with van der Waals surface area (Å²) < 4.78 is 4.68. The van der Waals surface area contributed by atoms with Crippen molar-refractivity contribution < 1.29 is 9.53 Å². The summed E-state index contributed by atoms with van der Waals surface area (Å²) in [5.74, 6) is -0.415. The second kappa shape index (κ2) is 5.00. The number of esters is 1. The highest BCUT2D eigenvalue weighted by Gasteiger charge is 2.09. The maximum Gasteiger partial charge on any atom is 0.356 e. The number of benzene rings is 1. The third-order valence-electron chi connectivity index (χ3n) is 2.80. The SMILES string of the molecule is COC(=O)c1cccc(-c2ccc(C)cc2C)n1. The van der Waals surface area contributed by atoms with Gasteiger partial charge in [-0.25, -0.2) is 9.78 Å². The molecule has 0 saturated heterocycles. The molecule has 0 amide bonds. The molecular formula is C15H15NO2. The van der Waals surface area contributed by atoms with Gasteiger partial charge in [0.2, 0.25) is 0 Å². The molecular weight excluding hydrogens is 226 g/mol. The number of nitrogens with zero attached hydrogens (tertiary/aromatic N) is 1. The number of aromatic nitrogens is 1. The van der Waals surface area contributed by atoms with Gasteiger partial charge in [0.05, 0.1) is 12.8 Å². The summed E-state index contributed by atoms with van der Waals surface area (Å²) in [6.07, 6.45) is 0. The average Bonchev–Trinajstić information content (AvgIpc) is 2.38. The summed E-state index contributed by atoms with van der Waals surface area (Å²) in [6, 6.07) is 11.5. The van der Waals surface area contributed by atoms with Gasteiger partial charge < -0.3 is 4.74 Å². The van der Waals surface area contributed by atoms with Crippen LogP contribution in [0.1, 0.15) is 21.6 Å². The maximum absolute atomic E-state index is 11.5. The zero-order valence-corrected chi connectivity index (χ0v) is 10.7. The summed E-state index contributed by atoms with van der Waals surface area (Å²) >= 11 is 0. The number of carbonyl (C=O) groups excluding carboxylic acids is 1. The van der Waals surface area contributed by atoms with E-state index < -0.39 is 5.97 Å². The van der Waals surface area contributed by atoms with Gasteiger partial charge in [0.15, 0.2) is 0 Å². The summed E-state index contributed by atoms with van der Waals surface area (Å²) in [5.41, 5.74) is 4.50. The van der Waals surface area contributed by atoms with Crippen molar-refractivity contribution in [3.05, 3.63) is 53.2 Å². The normalized spacial score (nSPS) is 10.2. The first-order chi connectivity index (χ1) is 8.61. The van der Waals surface area contributed by atoms with E-state index in [0.717, 1.165) is 16.8 Å². The molecule has 1 aromatic heterocycles. The van der Waals surface area contributed by atoms with Crippen molar-refractivity contribution in [2.75, 3.05) is 7.11 Å². The van der Waals surface area contributed by atoms with Gasteiger partial charge in [0, 0.05) is 5.56 Å². The molecule has 0 aliphatic heterocycles. The smallest absolute Gasteiger partial charge is 0.356 e. The first kappa shape index (κ1) is 12.3. The van der Waals surface area contributed by atoms with E-state index in [2.05, 4.69) is 22.7 Å². The second-order valence-corrected chi connectivity index (χ2v) is 4.22. The van der Waals surface area contributed by atoms with Crippen molar-refractivity contribution in [3.63, 3.8) is 0 Å². The van der Waals surface area contributed by atoms with Crippen LogP contribution in [0.4, 0.5) is 0 Å². The summed E-state index contributed by atoms with van der Waals surface area (Å²) in [5, 5.41) is 0. The Morgan fingerprint density at radius 1 is 1.17 bits per heavy atom. The molecule has 0 saturated carbocycles. The number of hydrogen-bond donors (Lipinski definition) is 0. The Kier molecular flexibility index (Phi) is 3.42. The molecule has 92 valence electrons. The zero-order chi connectivity index (χ0) is 13.1. The van der Waals surface area contributed by atoms with Gasteiger partial charge in [-0.15, -0.1) is 0 Å². The molecule has 0 aliphatic rings. The highest BCUT2D eigenvalue weighted by Crippen LogP contribution is 2.22. The first-order valence-electron chi connectivity index (χ1n) is 5.75. The number of aryl methyl sites for hydroxylation is 2. The Labute approximate surface area is 106 Å². The molecule has 1 aromatic carbocycles. The van der Waals surface area contributed by atoms with Gasteiger partial charge in [-0.05, 0) is 31.5 Å². The first-order valence-corrected chi connectivity index (χ1v) is 5.75. The molecule has 0 spiro atoms. The fourth-order valence-corrected chi connectivity index (χ4v) is 1.90. The molecule has 2 rings (SSSR count). The van der Waals surface area contributed by atoms with E-state index in [1.165, 1.54) is 12.7 Å². The number of carbonyl (C=O) groups is 1. The van der Waals surface area contributed by atoms with E-state index in [4.69, 9.17) is 0 Å². The summed E-state index contributed by atoms with van der Waals surface area (Å²) in [6.45, 7) is 4.09. The molecule has 3 heteroatoms. The van der Waals surface area contributed by atoms with Crippen LogP contribution in [0.2, 0.25) is 0 Å². The average molecular weight is 241 g/mol. The maximum atomic E-state index is 11.5. The van der Waals surface area contributed by atoms with E-state index in [-0.39, 0.29) is 0 Å². The monoisotopic (exact) mass is 241 g/mol. The third kappa shape index (κ3) is 2.40. The predicted octanol–water partition coefficient (Wildman–Crippen LogP) is 3.15. The topological polar surface area (TPSA) is 39.2 Å². The lowest BCUT2D eigenvalue weighted by molar-refractivity contribution is 0.0594. The summed E-state index contributed by atoms with van der Waals surface area (Å²) in [4.78, 5) is 15.8. The Balaban J connectivity index is 2.48. The van der Waals surface area contributed by atoms with Gasteiger partial charge in [-0.2, -0.15) is 0 Å². The molecule has 0 fully saturated rings. The number of pyridine rings is 1. The van der Waals surface area contributed by atoms with Gasteiger partial charge in [0.1, 0.15) is 5.69 Å². The van der Waals surface area contributed by atoms with Gasteiger partial charge >= 0.3 is 5.97 Å². The van der Waals surface area contributed by atoms with Gasteiger partial charge in [-0.3, -0.25) is 0 Å². The molecule has 0 bridgehead atoms. The van der Waals surface area contributed by atoms with Crippen LogP contribution in [0.3, 0.4) is 0 Å². The predicted molar refractivity (Wildman–Crippen MR) is 70.5 cm³/mol. The van der Waals surface area contributed by atoms with Crippen LogP contribution in [0, 0.1) is 13.8 Å². The molecule has 0 N–H and O–H groups in total. The molecule has 18 heavy (non-hydrogen) atoms. The van der Waals surface area contributed by atoms with Crippen LogP contribution in [-0.2, 0) is 4.74 Å². The Bertz CT molecular complexity index is 591. The minimum Gasteiger partial charge on any atom is -0.464 e. The lowest BCUT2D eigenvalue weighted by Crippen LogP contribution is -2.04. The Morgan fingerprint density at radius 2 is 1.94 bits per heavy atom. The minimum absolute atomic E-state index is 0.329. The molecule has 2 aromatic rings. The van der Waals surface area contributed by atoms with Crippen molar-refractivity contribution in [1.29, 1.82) is 0 Å². The number of ether oxygens (including phenoxy) is 1. The number of methoxy groups -OCH3 is 1. The Morgan fingerprint density at radius 3 is 2.61 bits per heavy atom. The lowest BCUT2D eigenvalue weighted by Gasteiger charge is -2.07. The van der Waals surface area contributed by atoms with E-state index in [0.29, 0.717) is 5.69 Å². The van der Waals surface area contributed by atoms with Gasteiger partial charge in [0.25, 0.3) is 0 Å². The molecule has 0 radical (unpaired) electrons. The van der Waals surface area contributed by atoms with Crippen molar-refractivity contribution in [2.24, 2.45) is 0 Å². The van der Waals surface area contributed by atoms with Crippen molar-refractivity contribution in [2.45, 2.75) is 13.8 Å². The highest BCUT2D eigenvalue weighted by molar-refractivity contribution is 5.87. The minimum atomic E-state index is -0.415. The van der Waals surface area contributed by atoms with E-state index in [9.17, 15) is 4.79 Å². The lowest BCUT2D eigenvalue weighted by atomic mass is 10.0. The standard InChI is InChI=1S/C15H15NO2/c1-10-7-8-12(11(2)9-10)13-5-4-6-14(16-13)15(17)18-3/h4-9H,1-3H3. The fraction of sp³-hybridized carbons (Fsp3) is 0.200. The summed E-state index contributed by atoms with van der Waals surface area (Å²) in [7, 11) is 1.35. The van der Waals surface area contributed by atoms with Crippen LogP contribution in [0.15, 0.2) is 36.4 Å². The zero-order valence-electron chi connectivity index (χ0n) is 10.7. The molecule has 0 aliphatic carbocycles. The van der Waals surface area contributed by atoms with Crippen molar-refractivity contribution >= 4 is 5.97 Å². The third-order valence-corrected chi connectivity index (χ3v) is 2.80. The Hall–Kier alpha value is -2.16. The van der Waals surface area contributed by atoms with Gasteiger partial charge in [-0.1, -0.05) is 29.8 Å². The molecule has 0 unspecified atom stereocenters.